The summed E-state index contributed by atoms with van der Waals surface area (Å²) in [5.41, 5.74) is 4.21. The van der Waals surface area contributed by atoms with Crippen LogP contribution in [0.4, 0.5) is 0 Å². The molecule has 0 aliphatic heterocycles. The fraction of sp³-hybridized carbons (Fsp3) is 0.417. The summed E-state index contributed by atoms with van der Waals surface area (Å²) in [5.74, 6) is -1.40. The predicted molar refractivity (Wildman–Crippen MR) is 64.9 cm³/mol. The van der Waals surface area contributed by atoms with Gasteiger partial charge in [0.15, 0.2) is 5.60 Å². The number of aliphatic carboxylic acids is 1. The van der Waals surface area contributed by atoms with Gasteiger partial charge in [0, 0.05) is 17.7 Å². The third-order valence-electron chi connectivity index (χ3n) is 2.46. The number of carboxylic acid groups (broad SMARTS) is 1. The summed E-state index contributed by atoms with van der Waals surface area (Å²) >= 11 is 0. The molecule has 0 heterocycles. The van der Waals surface area contributed by atoms with Crippen molar-refractivity contribution in [1.29, 1.82) is 0 Å². The van der Waals surface area contributed by atoms with E-state index in [1.165, 1.54) is 26.0 Å². The Balaban J connectivity index is 3.03. The van der Waals surface area contributed by atoms with Crippen LogP contribution in [0.2, 0.25) is 0 Å². The fourth-order valence-corrected chi connectivity index (χ4v) is 1.41. The van der Waals surface area contributed by atoms with Gasteiger partial charge in [0.05, 0.1) is 0 Å². The Hall–Kier alpha value is -1.95. The van der Waals surface area contributed by atoms with Crippen LogP contribution in [0.5, 0.6) is 17.2 Å². The first-order chi connectivity index (χ1) is 8.27. The van der Waals surface area contributed by atoms with Gasteiger partial charge in [-0.15, -0.1) is 0 Å². The molecule has 1 aromatic rings. The third kappa shape index (κ3) is 3.04. The van der Waals surface area contributed by atoms with Crippen molar-refractivity contribution in [3.05, 3.63) is 17.7 Å². The molecule has 0 saturated carbocycles. The molecule has 1 rings (SSSR count). The number of ether oxygens (including phenoxy) is 1. The Bertz CT molecular complexity index is 433. The van der Waals surface area contributed by atoms with Crippen LogP contribution in [-0.4, -0.2) is 33.4 Å². The molecule has 0 bridgehead atoms. The monoisotopic (exact) mass is 255 g/mol. The lowest BCUT2D eigenvalue weighted by Gasteiger charge is -2.22. The summed E-state index contributed by atoms with van der Waals surface area (Å²) in [6.07, 6.45) is 0.320. The Morgan fingerprint density at radius 1 is 1.33 bits per heavy atom. The summed E-state index contributed by atoms with van der Waals surface area (Å²) in [5, 5.41) is 28.3. The summed E-state index contributed by atoms with van der Waals surface area (Å²) in [6.45, 7) is 3.02. The molecule has 0 aliphatic carbocycles. The second-order valence-electron chi connectivity index (χ2n) is 4.40. The Morgan fingerprint density at radius 2 is 1.83 bits per heavy atom. The Morgan fingerprint density at radius 3 is 2.22 bits per heavy atom. The van der Waals surface area contributed by atoms with Crippen LogP contribution in [0.1, 0.15) is 19.4 Å². The third-order valence-corrected chi connectivity index (χ3v) is 2.46. The number of aromatic hydroxyl groups is 2. The van der Waals surface area contributed by atoms with Crippen LogP contribution in [0.25, 0.3) is 0 Å². The summed E-state index contributed by atoms with van der Waals surface area (Å²) < 4.78 is 5.21. The van der Waals surface area contributed by atoms with E-state index in [-0.39, 0.29) is 23.8 Å². The highest BCUT2D eigenvalue weighted by Crippen LogP contribution is 2.34. The average molecular weight is 255 g/mol. The van der Waals surface area contributed by atoms with E-state index in [1.54, 1.807) is 0 Å². The zero-order valence-electron chi connectivity index (χ0n) is 10.3. The first-order valence-electron chi connectivity index (χ1n) is 5.45. The highest BCUT2D eigenvalue weighted by Gasteiger charge is 2.30. The molecule has 0 saturated heterocycles. The predicted octanol–water partition coefficient (Wildman–Crippen LogP) is 0.841. The van der Waals surface area contributed by atoms with Gasteiger partial charge >= 0.3 is 5.97 Å². The van der Waals surface area contributed by atoms with Crippen LogP contribution >= 0.6 is 0 Å². The number of hydrogen-bond acceptors (Lipinski definition) is 5. The van der Waals surface area contributed by atoms with Crippen molar-refractivity contribution in [2.75, 3.05) is 6.54 Å². The van der Waals surface area contributed by atoms with Gasteiger partial charge in [0.2, 0.25) is 0 Å². The molecule has 0 amide bonds. The molecule has 100 valence electrons. The molecule has 6 nitrogen and oxygen atoms in total. The van der Waals surface area contributed by atoms with Gasteiger partial charge in [0.25, 0.3) is 0 Å². The fourth-order valence-electron chi connectivity index (χ4n) is 1.41. The minimum Gasteiger partial charge on any atom is -0.507 e. The second kappa shape index (κ2) is 5.14. The zero-order chi connectivity index (χ0) is 13.9. The molecule has 0 spiro atoms. The van der Waals surface area contributed by atoms with E-state index in [1.807, 2.05) is 0 Å². The number of hydrogen-bond donors (Lipinski definition) is 4. The molecule has 5 N–H and O–H groups in total. The van der Waals surface area contributed by atoms with Crippen molar-refractivity contribution in [1.82, 2.24) is 0 Å². The van der Waals surface area contributed by atoms with Crippen molar-refractivity contribution >= 4 is 5.97 Å². The molecule has 0 aliphatic rings. The Labute approximate surface area is 105 Å². The maximum atomic E-state index is 10.9. The number of carboxylic acids is 1. The molecular formula is C12H17NO5. The lowest BCUT2D eigenvalue weighted by molar-refractivity contribution is -0.152. The van der Waals surface area contributed by atoms with Gasteiger partial charge in [-0.1, -0.05) is 0 Å². The zero-order valence-corrected chi connectivity index (χ0v) is 10.3. The van der Waals surface area contributed by atoms with E-state index >= 15 is 0 Å². The van der Waals surface area contributed by atoms with Crippen LogP contribution in [0.3, 0.4) is 0 Å². The maximum absolute atomic E-state index is 10.9. The summed E-state index contributed by atoms with van der Waals surface area (Å²) in [7, 11) is 0. The number of benzene rings is 1. The second-order valence-corrected chi connectivity index (χ2v) is 4.40. The van der Waals surface area contributed by atoms with Gasteiger partial charge in [-0.25, -0.2) is 4.79 Å². The first kappa shape index (κ1) is 14.1. The molecule has 6 heteroatoms. The van der Waals surface area contributed by atoms with E-state index in [2.05, 4.69) is 0 Å². The summed E-state index contributed by atoms with van der Waals surface area (Å²) in [4.78, 5) is 10.9. The van der Waals surface area contributed by atoms with E-state index < -0.39 is 11.6 Å². The molecule has 0 fully saturated rings. The van der Waals surface area contributed by atoms with Crippen molar-refractivity contribution in [3.8, 4) is 17.2 Å². The standard InChI is InChI=1S/C12H17NO5/c1-12(2,11(16)17)18-7-5-9(14)8(3-4-13)10(15)6-7/h5-6,14-15H,3-4,13H2,1-2H3,(H,16,17). The number of rotatable bonds is 5. The molecule has 0 radical (unpaired) electrons. The highest BCUT2D eigenvalue weighted by atomic mass is 16.5. The minimum atomic E-state index is -1.45. The molecule has 0 aromatic heterocycles. The van der Waals surface area contributed by atoms with Gasteiger partial charge in [-0.3, -0.25) is 0 Å². The first-order valence-corrected chi connectivity index (χ1v) is 5.45. The van der Waals surface area contributed by atoms with E-state index in [0.717, 1.165) is 0 Å². The number of carbonyl (C=O) groups is 1. The molecule has 0 unspecified atom stereocenters. The van der Waals surface area contributed by atoms with Crippen molar-refractivity contribution < 1.29 is 24.9 Å². The minimum absolute atomic E-state index is 0.0816. The van der Waals surface area contributed by atoms with Gasteiger partial charge < -0.3 is 25.8 Å². The van der Waals surface area contributed by atoms with Crippen molar-refractivity contribution in [2.24, 2.45) is 5.73 Å². The van der Waals surface area contributed by atoms with Gasteiger partial charge in [-0.05, 0) is 26.8 Å². The highest BCUT2D eigenvalue weighted by molar-refractivity contribution is 5.76. The summed E-state index contributed by atoms with van der Waals surface area (Å²) in [6, 6.07) is 2.52. The number of phenols is 2. The van der Waals surface area contributed by atoms with Crippen LogP contribution in [0.15, 0.2) is 12.1 Å². The van der Waals surface area contributed by atoms with E-state index in [0.29, 0.717) is 12.0 Å². The number of phenolic OH excluding ortho intramolecular Hbond substituents is 2. The van der Waals surface area contributed by atoms with Crippen LogP contribution in [0, 0.1) is 0 Å². The van der Waals surface area contributed by atoms with Crippen molar-refractivity contribution in [3.63, 3.8) is 0 Å². The van der Waals surface area contributed by atoms with Gasteiger partial charge in [0.1, 0.15) is 17.2 Å². The largest absolute Gasteiger partial charge is 0.507 e. The lowest BCUT2D eigenvalue weighted by atomic mass is 10.1. The smallest absolute Gasteiger partial charge is 0.347 e. The van der Waals surface area contributed by atoms with Crippen LogP contribution < -0.4 is 10.5 Å². The molecule has 1 aromatic carbocycles. The topological polar surface area (TPSA) is 113 Å². The molecule has 18 heavy (non-hydrogen) atoms. The van der Waals surface area contributed by atoms with E-state index in [9.17, 15) is 15.0 Å². The van der Waals surface area contributed by atoms with E-state index in [4.69, 9.17) is 15.6 Å². The molecular weight excluding hydrogens is 238 g/mol. The number of nitrogens with two attached hydrogens (primary N) is 1. The quantitative estimate of drug-likeness (QED) is 0.620. The van der Waals surface area contributed by atoms with Crippen LogP contribution in [-0.2, 0) is 11.2 Å². The lowest BCUT2D eigenvalue weighted by Crippen LogP contribution is -2.37. The Kier molecular flexibility index (Phi) is 4.03. The molecule has 0 atom stereocenters. The average Bonchev–Trinajstić information content (AvgIpc) is 2.22. The normalized spacial score (nSPS) is 11.3. The maximum Gasteiger partial charge on any atom is 0.347 e. The van der Waals surface area contributed by atoms with Crippen molar-refractivity contribution in [2.45, 2.75) is 25.9 Å². The SMILES string of the molecule is CC(C)(Oc1cc(O)c(CCN)c(O)c1)C(=O)O. The van der Waals surface area contributed by atoms with Gasteiger partial charge in [-0.2, -0.15) is 0 Å².